The Hall–Kier alpha value is -1.84. The van der Waals surface area contributed by atoms with Crippen molar-refractivity contribution in [2.24, 2.45) is 0 Å². The third kappa shape index (κ3) is 6.32. The Morgan fingerprint density at radius 3 is 1.76 bits per heavy atom. The van der Waals surface area contributed by atoms with E-state index in [-0.39, 0.29) is 0 Å². The summed E-state index contributed by atoms with van der Waals surface area (Å²) >= 11 is 12.1. The molecule has 0 aliphatic rings. The van der Waals surface area contributed by atoms with Crippen LogP contribution in [0.15, 0.2) is 66.7 Å². The molecule has 0 fully saturated rings. The minimum atomic E-state index is -0.526. The molecule has 0 heterocycles. The van der Waals surface area contributed by atoms with Crippen LogP contribution in [0.25, 0.3) is 22.3 Å². The second kappa shape index (κ2) is 10.8. The lowest BCUT2D eigenvalue weighted by atomic mass is 9.93. The van der Waals surface area contributed by atoms with Gasteiger partial charge in [0.1, 0.15) is 0 Å². The molecule has 0 aromatic heterocycles. The van der Waals surface area contributed by atoms with Crippen molar-refractivity contribution in [2.45, 2.75) is 32.3 Å². The first-order chi connectivity index (χ1) is 14.1. The number of aliphatic hydroxyl groups is 1. The Balaban J connectivity index is 1.90. The summed E-state index contributed by atoms with van der Waals surface area (Å²) in [6, 6.07) is 21.9. The zero-order chi connectivity index (χ0) is 20.6. The Kier molecular flexibility index (Phi) is 8.14. The van der Waals surface area contributed by atoms with Gasteiger partial charge < -0.3 is 10.4 Å². The fourth-order valence-electron chi connectivity index (χ4n) is 3.29. The van der Waals surface area contributed by atoms with Crippen molar-refractivity contribution in [3.8, 4) is 22.3 Å². The summed E-state index contributed by atoms with van der Waals surface area (Å²) < 4.78 is 0. The van der Waals surface area contributed by atoms with Gasteiger partial charge in [0.25, 0.3) is 0 Å². The molecule has 0 saturated carbocycles. The molecule has 0 amide bonds. The van der Waals surface area contributed by atoms with Crippen LogP contribution >= 0.6 is 23.2 Å². The molecule has 2 N–H and O–H groups in total. The summed E-state index contributed by atoms with van der Waals surface area (Å²) in [5, 5.41) is 15.6. The van der Waals surface area contributed by atoms with Crippen molar-refractivity contribution < 1.29 is 5.11 Å². The monoisotopic (exact) mass is 427 g/mol. The largest absolute Gasteiger partial charge is 0.388 e. The molecule has 1 unspecified atom stereocenters. The van der Waals surface area contributed by atoms with Crippen LogP contribution in [0, 0.1) is 0 Å². The van der Waals surface area contributed by atoms with Gasteiger partial charge in [0, 0.05) is 10.0 Å². The molecule has 3 aromatic carbocycles. The van der Waals surface area contributed by atoms with Gasteiger partial charge in [-0.15, -0.1) is 0 Å². The van der Waals surface area contributed by atoms with Gasteiger partial charge in [-0.25, -0.2) is 0 Å². The lowest BCUT2D eigenvalue weighted by molar-refractivity contribution is 0.167. The van der Waals surface area contributed by atoms with Gasteiger partial charge in [0.05, 0.1) is 6.10 Å². The maximum atomic E-state index is 10.8. The highest BCUT2D eigenvalue weighted by molar-refractivity contribution is 6.30. The van der Waals surface area contributed by atoms with Crippen molar-refractivity contribution in [3.05, 3.63) is 82.3 Å². The zero-order valence-corrected chi connectivity index (χ0v) is 18.2. The fraction of sp³-hybridized carbons (Fsp3) is 0.280. The van der Waals surface area contributed by atoms with E-state index in [1.54, 1.807) is 0 Å². The smallest absolute Gasteiger partial charge is 0.0802 e. The first kappa shape index (κ1) is 21.9. The fourth-order valence-corrected chi connectivity index (χ4v) is 3.55. The number of hydrogen-bond donors (Lipinski definition) is 2. The van der Waals surface area contributed by atoms with E-state index >= 15 is 0 Å². The molecule has 29 heavy (non-hydrogen) atoms. The second-order valence-electron chi connectivity index (χ2n) is 7.27. The minimum absolute atomic E-state index is 0.526. The maximum Gasteiger partial charge on any atom is 0.0802 e. The number of hydrogen-bond acceptors (Lipinski definition) is 2. The quantitative estimate of drug-likeness (QED) is 0.355. The normalized spacial score (nSPS) is 12.1. The summed E-state index contributed by atoms with van der Waals surface area (Å²) in [4.78, 5) is 0. The van der Waals surface area contributed by atoms with Crippen LogP contribution in [0.2, 0.25) is 10.0 Å². The van der Waals surface area contributed by atoms with Gasteiger partial charge in [-0.2, -0.15) is 0 Å². The van der Waals surface area contributed by atoms with E-state index in [1.165, 1.54) is 6.42 Å². The molecule has 4 heteroatoms. The second-order valence-corrected chi connectivity index (χ2v) is 8.14. The first-order valence-corrected chi connectivity index (χ1v) is 10.9. The summed E-state index contributed by atoms with van der Waals surface area (Å²) in [6.07, 6.45) is 2.47. The van der Waals surface area contributed by atoms with Crippen LogP contribution in [0.1, 0.15) is 37.9 Å². The van der Waals surface area contributed by atoms with Crippen LogP contribution in [0.4, 0.5) is 0 Å². The van der Waals surface area contributed by atoms with Crippen molar-refractivity contribution >= 4 is 23.2 Å². The molecule has 3 aromatic rings. The van der Waals surface area contributed by atoms with Crippen LogP contribution < -0.4 is 5.32 Å². The van der Waals surface area contributed by atoms with Crippen molar-refractivity contribution in [1.29, 1.82) is 0 Å². The van der Waals surface area contributed by atoms with Gasteiger partial charge in [0.2, 0.25) is 0 Å². The number of halogens is 2. The van der Waals surface area contributed by atoms with Crippen molar-refractivity contribution in [3.63, 3.8) is 0 Å². The Morgan fingerprint density at radius 1 is 0.759 bits per heavy atom. The Morgan fingerprint density at radius 2 is 1.28 bits per heavy atom. The SMILES string of the molecule is CCCCNCCC(O)c1cc(-c2ccc(Cl)cc2)cc(-c2ccc(Cl)cc2)c1. The third-order valence-corrected chi connectivity index (χ3v) is 5.50. The van der Waals surface area contributed by atoms with Crippen LogP contribution in [0.5, 0.6) is 0 Å². The predicted octanol–water partition coefficient (Wildman–Crippen LogP) is 7.14. The van der Waals surface area contributed by atoms with Crippen molar-refractivity contribution in [1.82, 2.24) is 5.32 Å². The minimum Gasteiger partial charge on any atom is -0.388 e. The molecule has 1 atom stereocenters. The van der Waals surface area contributed by atoms with Gasteiger partial charge >= 0.3 is 0 Å². The number of rotatable bonds is 9. The highest BCUT2D eigenvalue weighted by Gasteiger charge is 2.12. The molecule has 0 radical (unpaired) electrons. The topological polar surface area (TPSA) is 32.3 Å². The molecule has 152 valence electrons. The van der Waals surface area contributed by atoms with E-state index in [0.717, 1.165) is 47.3 Å². The molecule has 0 bridgehead atoms. The molecular formula is C25H27Cl2NO. The van der Waals surface area contributed by atoms with Crippen LogP contribution in [0.3, 0.4) is 0 Å². The lowest BCUT2D eigenvalue weighted by Gasteiger charge is -2.16. The van der Waals surface area contributed by atoms with E-state index in [9.17, 15) is 5.11 Å². The first-order valence-electron chi connectivity index (χ1n) is 10.1. The summed E-state index contributed by atoms with van der Waals surface area (Å²) in [5.74, 6) is 0. The number of unbranched alkanes of at least 4 members (excludes halogenated alkanes) is 1. The van der Waals surface area contributed by atoms with Gasteiger partial charge in [-0.1, -0.05) is 60.8 Å². The molecule has 0 aliphatic heterocycles. The summed E-state index contributed by atoms with van der Waals surface area (Å²) in [7, 11) is 0. The van der Waals surface area contributed by atoms with Gasteiger partial charge in [-0.3, -0.25) is 0 Å². The van der Waals surface area contributed by atoms with E-state index in [4.69, 9.17) is 23.2 Å². The van der Waals surface area contributed by atoms with E-state index in [2.05, 4.69) is 30.4 Å². The predicted molar refractivity (Wildman–Crippen MR) is 125 cm³/mol. The van der Waals surface area contributed by atoms with E-state index in [0.29, 0.717) is 16.5 Å². The third-order valence-electron chi connectivity index (χ3n) is 5.00. The maximum absolute atomic E-state index is 10.8. The lowest BCUT2D eigenvalue weighted by Crippen LogP contribution is -2.18. The standard InChI is InChI=1S/C25H27Cl2NO/c1-2-3-13-28-14-12-25(29)22-16-20(18-4-8-23(26)9-5-18)15-21(17-22)19-6-10-24(27)11-7-19/h4-11,15-17,25,28-29H,2-3,12-14H2,1H3. The number of benzene rings is 3. The van der Waals surface area contributed by atoms with Crippen LogP contribution in [-0.4, -0.2) is 18.2 Å². The summed E-state index contributed by atoms with van der Waals surface area (Å²) in [6.45, 7) is 3.96. The molecule has 0 aliphatic carbocycles. The summed E-state index contributed by atoms with van der Waals surface area (Å²) in [5.41, 5.74) is 5.17. The number of aliphatic hydroxyl groups excluding tert-OH is 1. The van der Waals surface area contributed by atoms with Gasteiger partial charge in [0.15, 0.2) is 0 Å². The average molecular weight is 428 g/mol. The number of nitrogens with one attached hydrogen (secondary N) is 1. The molecule has 0 spiro atoms. The highest BCUT2D eigenvalue weighted by Crippen LogP contribution is 2.32. The molecule has 2 nitrogen and oxygen atoms in total. The average Bonchev–Trinajstić information content (AvgIpc) is 2.74. The molecule has 0 saturated heterocycles. The Bertz CT molecular complexity index is 843. The van der Waals surface area contributed by atoms with Gasteiger partial charge in [-0.05, 0) is 96.2 Å². The van der Waals surface area contributed by atoms with E-state index in [1.807, 2.05) is 48.5 Å². The molecule has 3 rings (SSSR count). The van der Waals surface area contributed by atoms with Crippen molar-refractivity contribution in [2.75, 3.05) is 13.1 Å². The highest BCUT2D eigenvalue weighted by atomic mass is 35.5. The zero-order valence-electron chi connectivity index (χ0n) is 16.7. The Labute approximate surface area is 183 Å². The van der Waals surface area contributed by atoms with Crippen LogP contribution in [-0.2, 0) is 0 Å². The molecular weight excluding hydrogens is 401 g/mol. The van der Waals surface area contributed by atoms with E-state index < -0.39 is 6.10 Å².